The highest BCUT2D eigenvalue weighted by molar-refractivity contribution is 7.80. The van der Waals surface area contributed by atoms with Gasteiger partial charge in [-0.1, -0.05) is 42.5 Å². The van der Waals surface area contributed by atoms with Crippen LogP contribution in [0.4, 0.5) is 11.1 Å². The SMILES string of the molecule is Cl.NC(=S)c1cccc(-c2cn(C3CCN(c4nccs4)CC3)c3cc(CCc4nc(N)n[nH]4)ccc23)c1. The standard InChI is InChI=1S/C27H28N8S2.ClH/c28-25(36)19-3-1-2-18(15-19)22-16-35(20-8-11-34(12-9-20)27-30-10-13-37-27)23-14-17(4-6-21(22)23)5-7-24-31-26(29)33-32-24;/h1-4,6,10,13-16,20H,5,7-9,11-12H2,(H2,28,36)(H3,29,31,32,33);1H. The third kappa shape index (κ3) is 5.24. The molecule has 5 aromatic rings. The fourth-order valence-corrected chi connectivity index (χ4v) is 6.04. The summed E-state index contributed by atoms with van der Waals surface area (Å²) in [6.45, 7) is 1.99. The summed E-state index contributed by atoms with van der Waals surface area (Å²) in [4.78, 5) is 11.6. The number of nitrogens with two attached hydrogens (primary N) is 2. The number of piperidine rings is 1. The molecule has 6 rings (SSSR count). The van der Waals surface area contributed by atoms with Gasteiger partial charge in [0.25, 0.3) is 0 Å². The smallest absolute Gasteiger partial charge is 0.239 e. The first-order chi connectivity index (χ1) is 18.0. The first kappa shape index (κ1) is 26.1. The van der Waals surface area contributed by atoms with Gasteiger partial charge < -0.3 is 20.9 Å². The summed E-state index contributed by atoms with van der Waals surface area (Å²) in [7, 11) is 0. The second-order valence-corrected chi connectivity index (χ2v) is 10.7. The average Bonchev–Trinajstić information content (AvgIpc) is 3.68. The number of thiocarbonyl (C=S) groups is 1. The van der Waals surface area contributed by atoms with Crippen LogP contribution in [0.5, 0.6) is 0 Å². The molecule has 1 aliphatic rings. The van der Waals surface area contributed by atoms with Gasteiger partial charge in [-0.3, -0.25) is 5.10 Å². The lowest BCUT2D eigenvalue weighted by Gasteiger charge is -2.33. The topological polar surface area (TPSA) is 115 Å². The van der Waals surface area contributed by atoms with E-state index < -0.39 is 0 Å². The van der Waals surface area contributed by atoms with Gasteiger partial charge in [0.15, 0.2) is 5.13 Å². The van der Waals surface area contributed by atoms with E-state index in [1.54, 1.807) is 11.3 Å². The summed E-state index contributed by atoms with van der Waals surface area (Å²) in [6.07, 6.45) is 7.94. The predicted molar refractivity (Wildman–Crippen MR) is 161 cm³/mol. The van der Waals surface area contributed by atoms with Gasteiger partial charge in [-0.15, -0.1) is 28.8 Å². The van der Waals surface area contributed by atoms with E-state index in [2.05, 4.69) is 66.2 Å². The van der Waals surface area contributed by atoms with Crippen molar-refractivity contribution >= 4 is 62.9 Å². The molecule has 1 aliphatic heterocycles. The van der Waals surface area contributed by atoms with Crippen molar-refractivity contribution in [3.8, 4) is 11.1 Å². The molecular weight excluding hydrogens is 536 g/mol. The van der Waals surface area contributed by atoms with Gasteiger partial charge >= 0.3 is 0 Å². The Bertz CT molecular complexity index is 1550. The van der Waals surface area contributed by atoms with Crippen molar-refractivity contribution in [3.63, 3.8) is 0 Å². The van der Waals surface area contributed by atoms with Gasteiger partial charge in [0.05, 0.1) is 0 Å². The third-order valence-electron chi connectivity index (χ3n) is 7.10. The maximum absolute atomic E-state index is 5.95. The van der Waals surface area contributed by atoms with Gasteiger partial charge in [0.1, 0.15) is 10.8 Å². The summed E-state index contributed by atoms with van der Waals surface area (Å²) in [6, 6.07) is 15.4. The van der Waals surface area contributed by atoms with E-state index in [9.17, 15) is 0 Å². The molecule has 38 heavy (non-hydrogen) atoms. The van der Waals surface area contributed by atoms with E-state index in [1.807, 2.05) is 23.7 Å². The molecule has 8 nitrogen and oxygen atoms in total. The minimum absolute atomic E-state index is 0. The lowest BCUT2D eigenvalue weighted by molar-refractivity contribution is 0.405. The maximum atomic E-state index is 5.95. The number of hydrogen-bond acceptors (Lipinski definition) is 7. The van der Waals surface area contributed by atoms with Crippen LogP contribution in [-0.2, 0) is 12.8 Å². The number of fused-ring (bicyclic) bond motifs is 1. The molecule has 0 atom stereocenters. The second-order valence-electron chi connectivity index (χ2n) is 9.42. The number of nitrogens with zero attached hydrogens (tertiary/aromatic N) is 5. The van der Waals surface area contributed by atoms with Gasteiger partial charge in [-0.05, 0) is 42.5 Å². The van der Waals surface area contributed by atoms with Crippen LogP contribution in [0.25, 0.3) is 22.0 Å². The third-order valence-corrected chi connectivity index (χ3v) is 8.17. The largest absolute Gasteiger partial charge is 0.389 e. The highest BCUT2D eigenvalue weighted by Crippen LogP contribution is 2.37. The fraction of sp³-hybridized carbons (Fsp3) is 0.259. The Morgan fingerprint density at radius 1 is 1.13 bits per heavy atom. The number of rotatable bonds is 7. The monoisotopic (exact) mass is 564 g/mol. The van der Waals surface area contributed by atoms with E-state index in [4.69, 9.17) is 23.7 Å². The van der Waals surface area contributed by atoms with E-state index in [0.29, 0.717) is 11.0 Å². The number of halogens is 1. The number of aryl methyl sites for hydroxylation is 2. The van der Waals surface area contributed by atoms with Crippen molar-refractivity contribution < 1.29 is 0 Å². The Kier molecular flexibility index (Phi) is 7.64. The zero-order valence-electron chi connectivity index (χ0n) is 20.7. The molecular formula is C27H29ClN8S2. The number of thiazole rings is 1. The van der Waals surface area contributed by atoms with Gasteiger partial charge in [0, 0.05) is 65.4 Å². The molecule has 2 aromatic carbocycles. The minimum Gasteiger partial charge on any atom is -0.389 e. The predicted octanol–water partition coefficient (Wildman–Crippen LogP) is 5.15. The van der Waals surface area contributed by atoms with Crippen LogP contribution in [0.3, 0.4) is 0 Å². The van der Waals surface area contributed by atoms with Crippen LogP contribution in [0.15, 0.2) is 60.2 Å². The number of nitrogens with one attached hydrogen (secondary N) is 1. The van der Waals surface area contributed by atoms with Crippen LogP contribution in [0, 0.1) is 0 Å². The fourth-order valence-electron chi connectivity index (χ4n) is 5.22. The molecule has 4 heterocycles. The molecule has 3 aromatic heterocycles. The summed E-state index contributed by atoms with van der Waals surface area (Å²) in [5.41, 5.74) is 17.3. The highest BCUT2D eigenvalue weighted by atomic mass is 35.5. The van der Waals surface area contributed by atoms with Crippen LogP contribution in [-0.4, -0.2) is 42.8 Å². The zero-order chi connectivity index (χ0) is 25.4. The molecule has 0 spiro atoms. The lowest BCUT2D eigenvalue weighted by atomic mass is 10.0. The molecule has 0 amide bonds. The molecule has 1 saturated heterocycles. The number of aromatic amines is 1. The van der Waals surface area contributed by atoms with Crippen LogP contribution in [0.2, 0.25) is 0 Å². The number of anilines is 2. The minimum atomic E-state index is 0. The second kappa shape index (κ2) is 11.1. The normalized spacial score (nSPS) is 14.1. The van der Waals surface area contributed by atoms with Crippen LogP contribution >= 0.6 is 36.0 Å². The first-order valence-electron chi connectivity index (χ1n) is 12.4. The molecule has 0 bridgehead atoms. The Labute approximate surface area is 236 Å². The van der Waals surface area contributed by atoms with Crippen LogP contribution in [0.1, 0.15) is 35.8 Å². The van der Waals surface area contributed by atoms with Crippen molar-refractivity contribution in [2.75, 3.05) is 23.7 Å². The zero-order valence-corrected chi connectivity index (χ0v) is 23.2. The Hall–Kier alpha value is -3.47. The maximum Gasteiger partial charge on any atom is 0.239 e. The Morgan fingerprint density at radius 2 is 1.97 bits per heavy atom. The van der Waals surface area contributed by atoms with Crippen molar-refractivity contribution in [1.29, 1.82) is 0 Å². The van der Waals surface area contributed by atoms with Gasteiger partial charge in [0.2, 0.25) is 5.95 Å². The average molecular weight is 565 g/mol. The summed E-state index contributed by atoms with van der Waals surface area (Å²) >= 11 is 6.96. The number of hydrogen-bond donors (Lipinski definition) is 3. The Balaban J connectivity index is 0.00000294. The molecule has 0 saturated carbocycles. The molecule has 196 valence electrons. The first-order valence-corrected chi connectivity index (χ1v) is 13.7. The van der Waals surface area contributed by atoms with Crippen LogP contribution < -0.4 is 16.4 Å². The van der Waals surface area contributed by atoms with Crippen molar-refractivity contribution in [1.82, 2.24) is 24.7 Å². The van der Waals surface area contributed by atoms with Crippen molar-refractivity contribution in [2.45, 2.75) is 31.7 Å². The molecule has 1 fully saturated rings. The quantitative estimate of drug-likeness (QED) is 0.234. The molecule has 5 N–H and O–H groups in total. The molecule has 0 unspecified atom stereocenters. The van der Waals surface area contributed by atoms with Crippen molar-refractivity contribution in [3.05, 3.63) is 77.2 Å². The molecule has 0 aliphatic carbocycles. The van der Waals surface area contributed by atoms with Gasteiger partial charge in [-0.2, -0.15) is 4.98 Å². The molecule has 11 heteroatoms. The summed E-state index contributed by atoms with van der Waals surface area (Å²) in [5.74, 6) is 1.09. The number of nitrogen functional groups attached to an aromatic ring is 1. The summed E-state index contributed by atoms with van der Waals surface area (Å²) < 4.78 is 2.48. The number of aromatic nitrogens is 5. The molecule has 0 radical (unpaired) electrons. The lowest BCUT2D eigenvalue weighted by Crippen LogP contribution is -2.34. The van der Waals surface area contributed by atoms with E-state index in [1.165, 1.54) is 22.0 Å². The number of H-pyrrole nitrogens is 1. The van der Waals surface area contributed by atoms with E-state index in [-0.39, 0.29) is 18.4 Å². The van der Waals surface area contributed by atoms with E-state index in [0.717, 1.165) is 60.9 Å². The number of benzene rings is 2. The Morgan fingerprint density at radius 3 is 2.68 bits per heavy atom. The highest BCUT2D eigenvalue weighted by Gasteiger charge is 2.24. The summed E-state index contributed by atoms with van der Waals surface area (Å²) in [5, 5.41) is 11.2. The van der Waals surface area contributed by atoms with E-state index >= 15 is 0 Å². The van der Waals surface area contributed by atoms with Crippen molar-refractivity contribution in [2.24, 2.45) is 5.73 Å². The van der Waals surface area contributed by atoms with Gasteiger partial charge in [-0.25, -0.2) is 4.98 Å².